The molecule has 3 heterocycles. The SMILES string of the molecule is CC(=O)[C@H]1Cc2c(sc3ccccc23)[C@@H](c2ccc3c(c2)OCO3)N1. The van der Waals surface area contributed by atoms with Crippen molar-refractivity contribution in [2.45, 2.75) is 25.4 Å². The maximum absolute atomic E-state index is 12.1. The zero-order valence-electron chi connectivity index (χ0n) is 13.7. The van der Waals surface area contributed by atoms with E-state index in [0.717, 1.165) is 23.5 Å². The molecule has 0 radical (unpaired) electrons. The van der Waals surface area contributed by atoms with E-state index in [-0.39, 0.29) is 24.7 Å². The first-order valence-electron chi connectivity index (χ1n) is 8.37. The third-order valence-electron chi connectivity index (χ3n) is 4.99. The van der Waals surface area contributed by atoms with Crippen LogP contribution in [0.25, 0.3) is 10.1 Å². The minimum absolute atomic E-state index is 0.00968. The fourth-order valence-corrected chi connectivity index (χ4v) is 5.03. The van der Waals surface area contributed by atoms with Crippen LogP contribution in [-0.2, 0) is 11.2 Å². The van der Waals surface area contributed by atoms with E-state index in [1.807, 2.05) is 12.1 Å². The molecular weight excluding hydrogens is 334 g/mol. The molecule has 0 spiro atoms. The van der Waals surface area contributed by atoms with Gasteiger partial charge in [0.15, 0.2) is 11.5 Å². The Balaban J connectivity index is 1.67. The van der Waals surface area contributed by atoms with Gasteiger partial charge < -0.3 is 9.47 Å². The Hall–Kier alpha value is -2.37. The Bertz CT molecular complexity index is 994. The van der Waals surface area contributed by atoms with E-state index in [1.165, 1.54) is 20.5 Å². The second-order valence-electron chi connectivity index (χ2n) is 6.52. The van der Waals surface area contributed by atoms with E-state index in [1.54, 1.807) is 18.3 Å². The second kappa shape index (κ2) is 5.58. The summed E-state index contributed by atoms with van der Waals surface area (Å²) in [5.41, 5.74) is 2.39. The van der Waals surface area contributed by atoms with Gasteiger partial charge in [0, 0.05) is 9.58 Å². The van der Waals surface area contributed by atoms with E-state index >= 15 is 0 Å². The predicted octanol–water partition coefficient (Wildman–Crippen LogP) is 3.82. The summed E-state index contributed by atoms with van der Waals surface area (Å²) in [6, 6.07) is 14.3. The van der Waals surface area contributed by atoms with Gasteiger partial charge in [-0.15, -0.1) is 11.3 Å². The molecule has 1 aromatic heterocycles. The molecule has 0 amide bonds. The summed E-state index contributed by atoms with van der Waals surface area (Å²) in [7, 11) is 0. The minimum atomic E-state index is -0.166. The highest BCUT2D eigenvalue weighted by atomic mass is 32.1. The van der Waals surface area contributed by atoms with Crippen molar-refractivity contribution in [2.24, 2.45) is 0 Å². The van der Waals surface area contributed by atoms with Crippen LogP contribution in [0.5, 0.6) is 11.5 Å². The van der Waals surface area contributed by atoms with Gasteiger partial charge in [0.25, 0.3) is 0 Å². The van der Waals surface area contributed by atoms with E-state index in [2.05, 4.69) is 35.6 Å². The lowest BCUT2D eigenvalue weighted by molar-refractivity contribution is -0.119. The highest BCUT2D eigenvalue weighted by molar-refractivity contribution is 7.19. The number of benzene rings is 2. The number of ether oxygens (including phenoxy) is 2. The molecule has 5 heteroatoms. The molecule has 0 aliphatic carbocycles. The minimum Gasteiger partial charge on any atom is -0.454 e. The Labute approximate surface area is 149 Å². The molecule has 1 N–H and O–H groups in total. The third kappa shape index (κ3) is 2.34. The van der Waals surface area contributed by atoms with Gasteiger partial charge in [0.2, 0.25) is 6.79 Å². The van der Waals surface area contributed by atoms with Crippen molar-refractivity contribution < 1.29 is 14.3 Å². The topological polar surface area (TPSA) is 47.6 Å². The summed E-state index contributed by atoms with van der Waals surface area (Å²) in [4.78, 5) is 13.4. The molecule has 0 saturated carbocycles. The zero-order valence-corrected chi connectivity index (χ0v) is 14.6. The number of nitrogens with one attached hydrogen (secondary N) is 1. The van der Waals surface area contributed by atoms with E-state index in [0.29, 0.717) is 0 Å². The van der Waals surface area contributed by atoms with Crippen LogP contribution < -0.4 is 14.8 Å². The predicted molar refractivity (Wildman–Crippen MR) is 97.5 cm³/mol. The van der Waals surface area contributed by atoms with Crippen LogP contribution in [-0.4, -0.2) is 18.6 Å². The van der Waals surface area contributed by atoms with Crippen LogP contribution in [0.4, 0.5) is 0 Å². The van der Waals surface area contributed by atoms with Crippen LogP contribution >= 0.6 is 11.3 Å². The molecular formula is C20H17NO3S. The van der Waals surface area contributed by atoms with Gasteiger partial charge in [-0.3, -0.25) is 10.1 Å². The largest absolute Gasteiger partial charge is 0.454 e. The molecule has 2 aliphatic rings. The monoisotopic (exact) mass is 351 g/mol. The van der Waals surface area contributed by atoms with Crippen molar-refractivity contribution in [2.75, 3.05) is 6.79 Å². The molecule has 2 atom stereocenters. The molecule has 3 aromatic rings. The van der Waals surface area contributed by atoms with E-state index in [9.17, 15) is 4.79 Å². The van der Waals surface area contributed by atoms with Gasteiger partial charge >= 0.3 is 0 Å². The average Bonchev–Trinajstić information content (AvgIpc) is 3.24. The van der Waals surface area contributed by atoms with Crippen LogP contribution in [0.3, 0.4) is 0 Å². The van der Waals surface area contributed by atoms with Gasteiger partial charge in [0.1, 0.15) is 5.78 Å². The maximum atomic E-state index is 12.1. The summed E-state index contributed by atoms with van der Waals surface area (Å²) in [5, 5.41) is 4.81. The molecule has 0 saturated heterocycles. The molecule has 126 valence electrons. The highest BCUT2D eigenvalue weighted by Gasteiger charge is 2.33. The fourth-order valence-electron chi connectivity index (χ4n) is 3.70. The third-order valence-corrected chi connectivity index (χ3v) is 6.27. The molecule has 4 nitrogen and oxygen atoms in total. The summed E-state index contributed by atoms with van der Waals surface area (Å²) >= 11 is 1.80. The van der Waals surface area contributed by atoms with E-state index < -0.39 is 0 Å². The van der Waals surface area contributed by atoms with Crippen LogP contribution in [0.15, 0.2) is 42.5 Å². The first-order valence-corrected chi connectivity index (χ1v) is 9.19. The Morgan fingerprint density at radius 3 is 2.88 bits per heavy atom. The molecule has 0 unspecified atom stereocenters. The van der Waals surface area contributed by atoms with Crippen LogP contribution in [0, 0.1) is 0 Å². The summed E-state index contributed by atoms with van der Waals surface area (Å²) in [6.45, 7) is 1.93. The lowest BCUT2D eigenvalue weighted by Crippen LogP contribution is -2.43. The Kier molecular flexibility index (Phi) is 3.33. The average molecular weight is 351 g/mol. The molecule has 2 aliphatic heterocycles. The number of hydrogen-bond donors (Lipinski definition) is 1. The number of rotatable bonds is 2. The fraction of sp³-hybridized carbons (Fsp3) is 0.250. The lowest BCUT2D eigenvalue weighted by atomic mass is 9.90. The van der Waals surface area contributed by atoms with Gasteiger partial charge in [-0.25, -0.2) is 0 Å². The maximum Gasteiger partial charge on any atom is 0.231 e. The molecule has 2 aromatic carbocycles. The van der Waals surface area contributed by atoms with Crippen molar-refractivity contribution in [1.82, 2.24) is 5.32 Å². The van der Waals surface area contributed by atoms with Crippen molar-refractivity contribution >= 4 is 27.2 Å². The summed E-state index contributed by atoms with van der Waals surface area (Å²) < 4.78 is 12.2. The smallest absolute Gasteiger partial charge is 0.231 e. The number of thiophene rings is 1. The lowest BCUT2D eigenvalue weighted by Gasteiger charge is -2.30. The summed E-state index contributed by atoms with van der Waals surface area (Å²) in [5.74, 6) is 1.72. The Morgan fingerprint density at radius 1 is 1.16 bits per heavy atom. The van der Waals surface area contributed by atoms with Crippen LogP contribution in [0.1, 0.15) is 29.0 Å². The van der Waals surface area contributed by atoms with Crippen molar-refractivity contribution in [3.8, 4) is 11.5 Å². The molecule has 25 heavy (non-hydrogen) atoms. The van der Waals surface area contributed by atoms with Gasteiger partial charge in [-0.2, -0.15) is 0 Å². The quantitative estimate of drug-likeness (QED) is 0.762. The normalized spacial score (nSPS) is 21.3. The first kappa shape index (κ1) is 14.9. The molecule has 5 rings (SSSR count). The standard InChI is InChI=1S/C20H17NO3S/c1-11(22)15-9-14-13-4-2-3-5-18(13)25-20(14)19(21-15)12-6-7-16-17(8-12)24-10-23-16/h2-8,15,19,21H,9-10H2,1H3/t15-,19-/m1/s1. The summed E-state index contributed by atoms with van der Waals surface area (Å²) in [6.07, 6.45) is 0.746. The van der Waals surface area contributed by atoms with Gasteiger partial charge in [0.05, 0.1) is 12.1 Å². The number of carbonyl (C=O) groups excluding carboxylic acids is 1. The number of Topliss-reactive ketones (excluding diaryl/α,β-unsaturated/α-hetero) is 1. The number of hydrogen-bond acceptors (Lipinski definition) is 5. The van der Waals surface area contributed by atoms with Crippen LogP contribution in [0.2, 0.25) is 0 Å². The van der Waals surface area contributed by atoms with Crippen molar-refractivity contribution in [1.29, 1.82) is 0 Å². The molecule has 0 bridgehead atoms. The zero-order chi connectivity index (χ0) is 17.0. The molecule has 0 fully saturated rings. The number of carbonyl (C=O) groups is 1. The number of ketones is 1. The van der Waals surface area contributed by atoms with Gasteiger partial charge in [-0.05, 0) is 48.1 Å². The van der Waals surface area contributed by atoms with Crippen molar-refractivity contribution in [3.05, 3.63) is 58.5 Å². The first-order chi connectivity index (χ1) is 12.2. The van der Waals surface area contributed by atoms with Gasteiger partial charge in [-0.1, -0.05) is 24.3 Å². The highest BCUT2D eigenvalue weighted by Crippen LogP contribution is 2.43. The van der Waals surface area contributed by atoms with E-state index in [4.69, 9.17) is 9.47 Å². The Morgan fingerprint density at radius 2 is 2.00 bits per heavy atom. The second-order valence-corrected chi connectivity index (χ2v) is 7.60. The van der Waals surface area contributed by atoms with Crippen molar-refractivity contribution in [3.63, 3.8) is 0 Å². The number of fused-ring (bicyclic) bond motifs is 4.